The molecule has 29 heavy (non-hydrogen) atoms. The zero-order chi connectivity index (χ0) is 21.2. The van der Waals surface area contributed by atoms with E-state index in [1.807, 2.05) is 31.2 Å². The Balaban J connectivity index is 1.70. The number of hydrogen-bond donors (Lipinski definition) is 2. The summed E-state index contributed by atoms with van der Waals surface area (Å²) in [7, 11) is 0. The molecule has 2 atom stereocenters. The maximum atomic E-state index is 12.5. The highest BCUT2D eigenvalue weighted by Crippen LogP contribution is 2.22. The number of nitrogens with one attached hydrogen (secondary N) is 1. The van der Waals surface area contributed by atoms with Gasteiger partial charge in [0.25, 0.3) is 0 Å². The van der Waals surface area contributed by atoms with Gasteiger partial charge in [-0.05, 0) is 49.3 Å². The van der Waals surface area contributed by atoms with Gasteiger partial charge in [-0.2, -0.15) is 0 Å². The van der Waals surface area contributed by atoms with Crippen molar-refractivity contribution in [1.82, 2.24) is 9.80 Å². The lowest BCUT2D eigenvalue weighted by Crippen LogP contribution is -2.47. The SMILES string of the molecule is CC1CC(C(N)=O)N(C(=O)CN(C=O)CCCCCc2ccc(NC=O)cc2)C1. The number of aryl methyl sites for hydroxylation is 1. The van der Waals surface area contributed by atoms with Crippen LogP contribution in [0.25, 0.3) is 0 Å². The molecule has 3 N–H and O–H groups in total. The number of hydrogen-bond acceptors (Lipinski definition) is 4. The van der Waals surface area contributed by atoms with Gasteiger partial charge in [0, 0.05) is 18.8 Å². The van der Waals surface area contributed by atoms with Gasteiger partial charge in [-0.3, -0.25) is 19.2 Å². The summed E-state index contributed by atoms with van der Waals surface area (Å²) < 4.78 is 0. The van der Waals surface area contributed by atoms with Crippen LogP contribution in [0.2, 0.25) is 0 Å². The van der Waals surface area contributed by atoms with E-state index >= 15 is 0 Å². The predicted molar refractivity (Wildman–Crippen MR) is 110 cm³/mol. The van der Waals surface area contributed by atoms with Crippen molar-refractivity contribution in [1.29, 1.82) is 0 Å². The van der Waals surface area contributed by atoms with Crippen LogP contribution >= 0.6 is 0 Å². The number of anilines is 1. The van der Waals surface area contributed by atoms with Crippen molar-refractivity contribution in [2.24, 2.45) is 11.7 Å². The van der Waals surface area contributed by atoms with E-state index in [9.17, 15) is 19.2 Å². The Morgan fingerprint density at radius 2 is 1.93 bits per heavy atom. The summed E-state index contributed by atoms with van der Waals surface area (Å²) in [6, 6.07) is 7.12. The van der Waals surface area contributed by atoms with Gasteiger partial charge in [0.1, 0.15) is 6.04 Å². The third kappa shape index (κ3) is 6.89. The second-order valence-corrected chi connectivity index (χ2v) is 7.65. The molecular weight excluding hydrogens is 372 g/mol. The zero-order valence-corrected chi connectivity index (χ0v) is 16.9. The molecule has 0 saturated carbocycles. The van der Waals surface area contributed by atoms with Crippen LogP contribution in [-0.2, 0) is 25.6 Å². The van der Waals surface area contributed by atoms with E-state index in [2.05, 4.69) is 5.32 Å². The molecule has 1 saturated heterocycles. The average Bonchev–Trinajstić information content (AvgIpc) is 3.10. The Hall–Kier alpha value is -2.90. The number of primary amides is 1. The molecule has 1 aliphatic rings. The Morgan fingerprint density at radius 3 is 2.55 bits per heavy atom. The summed E-state index contributed by atoms with van der Waals surface area (Å²) in [5.74, 6) is -0.492. The first kappa shape index (κ1) is 22.4. The quantitative estimate of drug-likeness (QED) is 0.403. The molecule has 4 amide bonds. The van der Waals surface area contributed by atoms with Crippen LogP contribution in [0.3, 0.4) is 0 Å². The summed E-state index contributed by atoms with van der Waals surface area (Å²) in [4.78, 5) is 48.8. The molecule has 0 radical (unpaired) electrons. The molecule has 1 fully saturated rings. The van der Waals surface area contributed by atoms with E-state index in [1.165, 1.54) is 15.4 Å². The Kier molecular flexibility index (Phi) is 8.64. The average molecular weight is 402 g/mol. The number of rotatable bonds is 12. The lowest BCUT2D eigenvalue weighted by Gasteiger charge is -2.25. The minimum absolute atomic E-state index is 0.0226. The first-order chi connectivity index (χ1) is 13.9. The second kappa shape index (κ2) is 11.2. The van der Waals surface area contributed by atoms with E-state index in [1.54, 1.807) is 0 Å². The van der Waals surface area contributed by atoms with Crippen molar-refractivity contribution in [3.8, 4) is 0 Å². The van der Waals surface area contributed by atoms with Crippen molar-refractivity contribution >= 4 is 30.3 Å². The normalized spacial score (nSPS) is 18.3. The Bertz CT molecular complexity index is 707. The minimum Gasteiger partial charge on any atom is -0.368 e. The van der Waals surface area contributed by atoms with Gasteiger partial charge in [0.05, 0.1) is 6.54 Å². The number of unbranched alkanes of at least 4 members (excludes halogenated alkanes) is 2. The molecular formula is C21H30N4O4. The number of nitrogens with zero attached hydrogens (tertiary/aromatic N) is 2. The lowest BCUT2D eigenvalue weighted by atomic mass is 10.1. The number of amides is 4. The molecule has 0 spiro atoms. The maximum Gasteiger partial charge on any atom is 0.242 e. The van der Waals surface area contributed by atoms with Crippen LogP contribution in [0, 0.1) is 5.92 Å². The predicted octanol–water partition coefficient (Wildman–Crippen LogP) is 1.15. The smallest absolute Gasteiger partial charge is 0.242 e. The summed E-state index contributed by atoms with van der Waals surface area (Å²) in [6.45, 7) is 2.96. The van der Waals surface area contributed by atoms with Gasteiger partial charge in [0.15, 0.2) is 0 Å². The molecule has 158 valence electrons. The summed E-state index contributed by atoms with van der Waals surface area (Å²) in [6.07, 6.45) is 5.52. The highest BCUT2D eigenvalue weighted by atomic mass is 16.2. The molecule has 1 heterocycles. The van der Waals surface area contributed by atoms with Gasteiger partial charge in [0.2, 0.25) is 24.6 Å². The van der Waals surface area contributed by atoms with E-state index in [0.29, 0.717) is 32.3 Å². The molecule has 8 heteroatoms. The fourth-order valence-corrected chi connectivity index (χ4v) is 3.68. The summed E-state index contributed by atoms with van der Waals surface area (Å²) in [5.41, 5.74) is 7.35. The van der Waals surface area contributed by atoms with E-state index < -0.39 is 11.9 Å². The number of likely N-dealkylation sites (tertiary alicyclic amines) is 1. The first-order valence-electron chi connectivity index (χ1n) is 10.0. The van der Waals surface area contributed by atoms with Crippen LogP contribution in [0.5, 0.6) is 0 Å². The summed E-state index contributed by atoms with van der Waals surface area (Å²) in [5, 5.41) is 2.60. The van der Waals surface area contributed by atoms with E-state index in [0.717, 1.165) is 31.4 Å². The van der Waals surface area contributed by atoms with Crippen molar-refractivity contribution in [3.63, 3.8) is 0 Å². The third-order valence-corrected chi connectivity index (χ3v) is 5.24. The molecule has 2 unspecified atom stereocenters. The first-order valence-corrected chi connectivity index (χ1v) is 10.0. The fraction of sp³-hybridized carbons (Fsp3) is 0.524. The van der Waals surface area contributed by atoms with Crippen molar-refractivity contribution in [2.45, 2.75) is 45.1 Å². The van der Waals surface area contributed by atoms with E-state index in [-0.39, 0.29) is 18.4 Å². The Morgan fingerprint density at radius 1 is 1.21 bits per heavy atom. The van der Waals surface area contributed by atoms with Crippen LogP contribution in [-0.4, -0.2) is 60.1 Å². The molecule has 0 bridgehead atoms. The molecule has 2 rings (SSSR count). The lowest BCUT2D eigenvalue weighted by molar-refractivity contribution is -0.140. The highest BCUT2D eigenvalue weighted by Gasteiger charge is 2.36. The van der Waals surface area contributed by atoms with Gasteiger partial charge in [-0.1, -0.05) is 25.5 Å². The highest BCUT2D eigenvalue weighted by molar-refractivity contribution is 5.88. The van der Waals surface area contributed by atoms with Crippen LogP contribution in [0.15, 0.2) is 24.3 Å². The molecule has 0 aromatic heterocycles. The maximum absolute atomic E-state index is 12.5. The van der Waals surface area contributed by atoms with Gasteiger partial charge in [-0.25, -0.2) is 0 Å². The Labute approximate surface area is 171 Å². The number of carbonyl (C=O) groups is 4. The second-order valence-electron chi connectivity index (χ2n) is 7.65. The standard InChI is InChI=1S/C21H30N4O4/c1-16-11-19(21(22)29)25(12-16)20(28)13-24(15-27)10-4-2-3-5-17-6-8-18(9-7-17)23-14-26/h6-9,14-16,19H,2-5,10-13H2,1H3,(H2,22,29)(H,23,26). The summed E-state index contributed by atoms with van der Waals surface area (Å²) >= 11 is 0. The monoisotopic (exact) mass is 402 g/mol. The third-order valence-electron chi connectivity index (χ3n) is 5.24. The molecule has 8 nitrogen and oxygen atoms in total. The van der Waals surface area contributed by atoms with Crippen molar-refractivity contribution in [2.75, 3.05) is 25.0 Å². The molecule has 0 aliphatic carbocycles. The van der Waals surface area contributed by atoms with Crippen LogP contribution in [0.1, 0.15) is 38.2 Å². The van der Waals surface area contributed by atoms with Gasteiger partial charge < -0.3 is 20.9 Å². The fourth-order valence-electron chi connectivity index (χ4n) is 3.68. The number of nitrogens with two attached hydrogens (primary N) is 1. The van der Waals surface area contributed by atoms with Gasteiger partial charge >= 0.3 is 0 Å². The largest absolute Gasteiger partial charge is 0.368 e. The van der Waals surface area contributed by atoms with Crippen molar-refractivity contribution in [3.05, 3.63) is 29.8 Å². The topological polar surface area (TPSA) is 113 Å². The van der Waals surface area contributed by atoms with Crippen molar-refractivity contribution < 1.29 is 19.2 Å². The number of benzene rings is 1. The van der Waals surface area contributed by atoms with Gasteiger partial charge in [-0.15, -0.1) is 0 Å². The number of carbonyl (C=O) groups excluding carboxylic acids is 4. The molecule has 1 aromatic carbocycles. The van der Waals surface area contributed by atoms with E-state index in [4.69, 9.17) is 5.73 Å². The van der Waals surface area contributed by atoms with Crippen LogP contribution < -0.4 is 11.1 Å². The molecule has 1 aromatic rings. The van der Waals surface area contributed by atoms with Crippen LogP contribution in [0.4, 0.5) is 5.69 Å². The zero-order valence-electron chi connectivity index (χ0n) is 16.9. The minimum atomic E-state index is -0.570. The molecule has 1 aliphatic heterocycles.